The fourth-order valence-electron chi connectivity index (χ4n) is 6.95. The van der Waals surface area contributed by atoms with Gasteiger partial charge >= 0.3 is 37.9 Å². The van der Waals surface area contributed by atoms with Crippen LogP contribution in [-0.4, -0.2) is 0 Å². The third-order valence-electron chi connectivity index (χ3n) is 10.1. The van der Waals surface area contributed by atoms with E-state index in [1.807, 2.05) is 0 Å². The molecule has 0 aliphatic rings. The summed E-state index contributed by atoms with van der Waals surface area (Å²) in [6, 6.07) is 26.1. The van der Waals surface area contributed by atoms with Crippen LogP contribution in [0.25, 0.3) is 10.9 Å². The number of halogens is 2. The van der Waals surface area contributed by atoms with Crippen LogP contribution in [0.2, 0.25) is 0 Å². The van der Waals surface area contributed by atoms with E-state index in [0.29, 0.717) is 47.3 Å². The Morgan fingerprint density at radius 1 is 0.351 bits per heavy atom. The van der Waals surface area contributed by atoms with Crippen LogP contribution in [0.1, 0.15) is 203 Å². The summed E-state index contributed by atoms with van der Waals surface area (Å²) in [6.45, 7) is 35.6. The Morgan fingerprint density at radius 2 is 0.526 bits per heavy atom. The minimum atomic E-state index is -0.826. The molecule has 57 heavy (non-hydrogen) atoms. The molecule has 0 aromatic heterocycles. The molecular weight excluding hydrogens is 823 g/mol. The third kappa shape index (κ3) is 14.9. The molecule has 0 aliphatic carbocycles. The molecule has 6 nitrogen and oxygen atoms in total. The van der Waals surface area contributed by atoms with E-state index in [9.17, 15) is 0 Å². The first-order valence-corrected chi connectivity index (χ1v) is 27.1. The zero-order chi connectivity index (χ0) is 43.0. The molecule has 9 heteroatoms. The van der Waals surface area contributed by atoms with E-state index in [1.54, 1.807) is 0 Å². The molecule has 0 amide bonds. The first kappa shape index (κ1) is 50.6. The van der Waals surface area contributed by atoms with E-state index in [2.05, 4.69) is 205 Å². The van der Waals surface area contributed by atoms with Crippen molar-refractivity contribution in [1.29, 1.82) is 0 Å². The molecule has 0 saturated carbocycles. The van der Waals surface area contributed by atoms with Gasteiger partial charge in [0.1, 0.15) is 0 Å². The van der Waals surface area contributed by atoms with Crippen molar-refractivity contribution in [3.8, 4) is 0 Å². The van der Waals surface area contributed by atoms with Crippen LogP contribution >= 0.6 is 17.0 Å². The quantitative estimate of drug-likeness (QED) is 0.0845. The van der Waals surface area contributed by atoms with E-state index in [4.69, 9.17) is 27.9 Å². The van der Waals surface area contributed by atoms with E-state index >= 15 is 0 Å². The van der Waals surface area contributed by atoms with Crippen molar-refractivity contribution >= 4 is 39.8 Å². The Labute approximate surface area is 366 Å². The standard InChI is InChI=1S/2C24H36N3.2ClH.Zr/c2*1-15(2)19-11-9-12-20(16(3)4)23(19)25-27-26-24-21(17(5)6)13-10-14-22(24)18(7)8;;;/h2*9-18,25,27H,1-8H3;2*1H;/q2*-1;;;+4/p-2. The molecule has 312 valence electrons. The predicted octanol–water partition coefficient (Wildman–Crippen LogP) is 16.8. The second-order valence-corrected chi connectivity index (χ2v) is 20.9. The molecule has 0 radical (unpaired) electrons. The number of rotatable bonds is 16. The van der Waals surface area contributed by atoms with Gasteiger partial charge in [-0.1, -0.05) is 206 Å². The molecule has 0 aliphatic heterocycles. The first-order valence-electron chi connectivity index (χ1n) is 20.8. The number of anilines is 2. The monoisotopic (exact) mass is 892 g/mol. The van der Waals surface area contributed by atoms with Crippen molar-refractivity contribution in [3.05, 3.63) is 128 Å². The van der Waals surface area contributed by atoms with Crippen molar-refractivity contribution in [3.63, 3.8) is 0 Å². The topological polar surface area (TPSA) is 76.3 Å². The predicted molar refractivity (Wildman–Crippen MR) is 250 cm³/mol. The number of nitrogens with zero attached hydrogens (tertiary/aromatic N) is 2. The van der Waals surface area contributed by atoms with Gasteiger partial charge in [0.15, 0.2) is 0 Å². The Balaban J connectivity index is 0.000000368. The maximum atomic E-state index is 4.93. The summed E-state index contributed by atoms with van der Waals surface area (Å²) < 4.78 is 0. The SMILES string of the molecule is CC(C)c1cccc(C(C)C)c1[N-]NNc1c(C(C)C)cccc1C(C)C.CC(C)c1cccc(C(C)C)c1[N-]NNc1c(C(C)C)cccc1C(C)C.[Cl][Zr+2][Cl]. The molecule has 0 unspecified atom stereocenters. The van der Waals surface area contributed by atoms with Crippen LogP contribution in [0.5, 0.6) is 0 Å². The Hall–Kier alpha value is -2.54. The first-order chi connectivity index (χ1) is 26.9. The summed E-state index contributed by atoms with van der Waals surface area (Å²) in [5, 5.41) is 0. The number of hydrogen-bond donors (Lipinski definition) is 4. The Bertz CT molecular complexity index is 1420. The van der Waals surface area contributed by atoms with Gasteiger partial charge in [-0.05, 0) is 69.6 Å². The molecule has 4 rings (SSSR count). The summed E-state index contributed by atoms with van der Waals surface area (Å²) >= 11 is -0.826. The van der Waals surface area contributed by atoms with Crippen molar-refractivity contribution < 1.29 is 20.8 Å². The molecule has 0 saturated heterocycles. The normalized spacial score (nSPS) is 11.3. The van der Waals surface area contributed by atoms with Crippen molar-refractivity contribution in [1.82, 2.24) is 11.1 Å². The summed E-state index contributed by atoms with van der Waals surface area (Å²) in [6.07, 6.45) is 0. The fourth-order valence-corrected chi connectivity index (χ4v) is 6.95. The van der Waals surface area contributed by atoms with E-state index in [0.717, 1.165) is 22.7 Å². The van der Waals surface area contributed by atoms with Gasteiger partial charge in [0, 0.05) is 0 Å². The summed E-state index contributed by atoms with van der Waals surface area (Å²) in [4.78, 5) is 0. The van der Waals surface area contributed by atoms with Gasteiger partial charge in [0.25, 0.3) is 0 Å². The fraction of sp³-hybridized carbons (Fsp3) is 0.500. The van der Waals surface area contributed by atoms with Gasteiger partial charge in [0.05, 0.1) is 11.4 Å². The zero-order valence-electron chi connectivity index (χ0n) is 37.7. The van der Waals surface area contributed by atoms with E-state index in [-0.39, 0.29) is 0 Å². The average Bonchev–Trinajstić information content (AvgIpc) is 3.14. The number of hydrogen-bond acceptors (Lipinski definition) is 4. The van der Waals surface area contributed by atoms with Crippen LogP contribution in [-0.2, 0) is 20.8 Å². The van der Waals surface area contributed by atoms with Gasteiger partial charge in [-0.3, -0.25) is 0 Å². The van der Waals surface area contributed by atoms with Gasteiger partial charge in [-0.15, -0.1) is 11.4 Å². The number of benzene rings is 4. The third-order valence-corrected chi connectivity index (χ3v) is 10.1. The molecule has 0 heterocycles. The van der Waals surface area contributed by atoms with Gasteiger partial charge in [0.2, 0.25) is 0 Å². The van der Waals surface area contributed by atoms with Crippen molar-refractivity contribution in [2.75, 3.05) is 10.9 Å². The van der Waals surface area contributed by atoms with E-state index < -0.39 is 20.8 Å². The van der Waals surface area contributed by atoms with Gasteiger partial charge in [-0.2, -0.15) is 0 Å². The molecule has 0 bridgehead atoms. The number of nitrogens with one attached hydrogen (secondary N) is 4. The molecule has 4 aromatic carbocycles. The maximum absolute atomic E-state index is 4.93. The van der Waals surface area contributed by atoms with Crippen LogP contribution < -0.4 is 21.9 Å². The molecule has 4 N–H and O–H groups in total. The number of hydrazine groups is 2. The molecule has 4 aromatic rings. The van der Waals surface area contributed by atoms with E-state index in [1.165, 1.54) is 44.5 Å². The molecular formula is C48H72Cl2N6Zr. The van der Waals surface area contributed by atoms with Crippen LogP contribution in [0, 0.1) is 0 Å². The summed E-state index contributed by atoms with van der Waals surface area (Å²) in [5.41, 5.74) is 37.5. The second-order valence-electron chi connectivity index (χ2n) is 17.2. The second kappa shape index (κ2) is 25.2. The molecule has 0 fully saturated rings. The molecule has 0 spiro atoms. The Kier molecular flexibility index (Phi) is 22.3. The van der Waals surface area contributed by atoms with Crippen LogP contribution in [0.3, 0.4) is 0 Å². The Morgan fingerprint density at radius 3 is 0.702 bits per heavy atom. The summed E-state index contributed by atoms with van der Waals surface area (Å²) in [5.74, 6) is 3.50. The van der Waals surface area contributed by atoms with Gasteiger partial charge < -0.3 is 32.8 Å². The summed E-state index contributed by atoms with van der Waals surface area (Å²) in [7, 11) is 9.87. The van der Waals surface area contributed by atoms with Gasteiger partial charge in [-0.25, -0.2) is 0 Å². The minimum absolute atomic E-state index is 0.429. The van der Waals surface area contributed by atoms with Crippen LogP contribution in [0.4, 0.5) is 22.7 Å². The molecule has 0 atom stereocenters. The zero-order valence-corrected chi connectivity index (χ0v) is 41.7. The number of para-hydroxylation sites is 4. The average molecular weight is 895 g/mol. The van der Waals surface area contributed by atoms with Crippen molar-refractivity contribution in [2.45, 2.75) is 158 Å². The van der Waals surface area contributed by atoms with Crippen LogP contribution in [0.15, 0.2) is 72.8 Å². The van der Waals surface area contributed by atoms with Crippen molar-refractivity contribution in [2.24, 2.45) is 0 Å².